The first-order valence-electron chi connectivity index (χ1n) is 36.8. The van der Waals surface area contributed by atoms with Gasteiger partial charge in [0.05, 0.1) is 40.3 Å². The Morgan fingerprint density at radius 3 is 0.892 bits per heavy atom. The molecule has 0 N–H and O–H groups in total. The van der Waals surface area contributed by atoms with E-state index in [1.807, 2.05) is 21.1 Å². The molecule has 0 saturated carbocycles. The fourth-order valence-corrected chi connectivity index (χ4v) is 11.4. The summed E-state index contributed by atoms with van der Waals surface area (Å²) in [4.78, 5) is 37.5. The Bertz CT molecular complexity index is 1370. The van der Waals surface area contributed by atoms with Crippen LogP contribution in [0.3, 0.4) is 0 Å². The number of nitrogens with zero attached hydrogens (tertiary/aromatic N) is 1. The van der Waals surface area contributed by atoms with Crippen molar-refractivity contribution >= 4 is 17.9 Å². The fourth-order valence-electron chi connectivity index (χ4n) is 11.4. The number of esters is 2. The molecule has 0 radical (unpaired) electrons. The van der Waals surface area contributed by atoms with Crippen LogP contribution in [0, 0.1) is 0 Å². The van der Waals surface area contributed by atoms with Crippen LogP contribution in [0.15, 0.2) is 12.2 Å². The highest BCUT2D eigenvalue weighted by Crippen LogP contribution is 2.19. The van der Waals surface area contributed by atoms with Gasteiger partial charge in [0.25, 0.3) is 0 Å². The topological polar surface area (TPSA) is 111 Å². The molecular formula is C74H143NO8. The van der Waals surface area contributed by atoms with Gasteiger partial charge in [0.2, 0.25) is 0 Å². The Morgan fingerprint density at radius 2 is 0.614 bits per heavy atom. The smallest absolute Gasteiger partial charge is 0.306 e. The maximum Gasteiger partial charge on any atom is 0.306 e. The largest absolute Gasteiger partial charge is 0.545 e. The van der Waals surface area contributed by atoms with Gasteiger partial charge in [-0.3, -0.25) is 9.59 Å². The fraction of sp³-hybridized carbons (Fsp3) is 0.932. The van der Waals surface area contributed by atoms with Gasteiger partial charge in [-0.25, -0.2) is 0 Å². The van der Waals surface area contributed by atoms with Crippen molar-refractivity contribution in [3.05, 3.63) is 12.2 Å². The summed E-state index contributed by atoms with van der Waals surface area (Å²) in [5, 5.41) is 11.8. The molecule has 0 bridgehead atoms. The summed E-state index contributed by atoms with van der Waals surface area (Å²) in [6, 6.07) is 0. The van der Waals surface area contributed by atoms with E-state index in [4.69, 9.17) is 18.9 Å². The van der Waals surface area contributed by atoms with E-state index in [1.54, 1.807) is 0 Å². The quantitative estimate of drug-likeness (QED) is 0.0195. The second kappa shape index (κ2) is 66.0. The minimum Gasteiger partial charge on any atom is -0.545 e. The van der Waals surface area contributed by atoms with Crippen molar-refractivity contribution in [2.45, 2.75) is 399 Å². The zero-order valence-corrected chi connectivity index (χ0v) is 56.4. The molecule has 0 saturated heterocycles. The molecule has 0 heterocycles. The van der Waals surface area contributed by atoms with Gasteiger partial charge in [-0.05, 0) is 38.5 Å². The second-order valence-electron chi connectivity index (χ2n) is 26.6. The number of quaternary nitrogens is 1. The molecule has 0 amide bonds. The number of allylic oxidation sites excluding steroid dienone is 2. The minimum absolute atomic E-state index is 0.153. The highest BCUT2D eigenvalue weighted by molar-refractivity contribution is 5.70. The lowest BCUT2D eigenvalue weighted by Crippen LogP contribution is -2.44. The summed E-state index contributed by atoms with van der Waals surface area (Å²) in [5.74, 6) is -2.25. The normalized spacial score (nSPS) is 12.6. The van der Waals surface area contributed by atoms with Crippen molar-refractivity contribution < 1.29 is 42.9 Å². The minimum atomic E-state index is -1.62. The van der Waals surface area contributed by atoms with E-state index < -0.39 is 24.3 Å². The van der Waals surface area contributed by atoms with Gasteiger partial charge in [0, 0.05) is 12.8 Å². The zero-order valence-electron chi connectivity index (χ0n) is 56.4. The van der Waals surface area contributed by atoms with Gasteiger partial charge in [-0.15, -0.1) is 0 Å². The van der Waals surface area contributed by atoms with Gasteiger partial charge >= 0.3 is 11.9 Å². The number of rotatable bonds is 70. The third kappa shape index (κ3) is 67.4. The van der Waals surface area contributed by atoms with Crippen LogP contribution >= 0.6 is 0 Å². The third-order valence-corrected chi connectivity index (χ3v) is 17.0. The highest BCUT2D eigenvalue weighted by Gasteiger charge is 2.22. The first-order chi connectivity index (χ1) is 40.6. The van der Waals surface area contributed by atoms with Crippen molar-refractivity contribution in [2.24, 2.45) is 0 Å². The lowest BCUT2D eigenvalue weighted by atomic mass is 10.0. The molecule has 83 heavy (non-hydrogen) atoms. The number of likely N-dealkylation sites (N-methyl/N-ethyl adjacent to an activating group) is 1. The van der Waals surface area contributed by atoms with Gasteiger partial charge in [0.15, 0.2) is 12.4 Å². The lowest BCUT2D eigenvalue weighted by Gasteiger charge is -2.26. The predicted octanol–water partition coefficient (Wildman–Crippen LogP) is 21.5. The molecular weight excluding hydrogens is 1030 g/mol. The molecule has 0 fully saturated rings. The van der Waals surface area contributed by atoms with Crippen LogP contribution in [0.25, 0.3) is 0 Å². The van der Waals surface area contributed by atoms with Crippen molar-refractivity contribution in [2.75, 3.05) is 47.5 Å². The van der Waals surface area contributed by atoms with Crippen molar-refractivity contribution in [1.29, 1.82) is 0 Å². The highest BCUT2D eigenvalue weighted by atomic mass is 16.7. The first kappa shape index (κ1) is 81.0. The number of unbranched alkanes of at least 4 members (excludes halogenated alkanes) is 53. The second-order valence-corrected chi connectivity index (χ2v) is 26.6. The van der Waals surface area contributed by atoms with Crippen LogP contribution in [0.5, 0.6) is 0 Å². The van der Waals surface area contributed by atoms with Crippen LogP contribution in [-0.4, -0.2) is 82.3 Å². The van der Waals surface area contributed by atoms with Crippen molar-refractivity contribution in [1.82, 2.24) is 0 Å². The molecule has 9 nitrogen and oxygen atoms in total. The Labute approximate surface area is 516 Å². The van der Waals surface area contributed by atoms with Crippen molar-refractivity contribution in [3.63, 3.8) is 0 Å². The molecule has 0 rings (SSSR count). The molecule has 2 unspecified atom stereocenters. The number of hydrogen-bond acceptors (Lipinski definition) is 8. The van der Waals surface area contributed by atoms with E-state index in [2.05, 4.69) is 26.0 Å². The predicted molar refractivity (Wildman–Crippen MR) is 353 cm³/mol. The van der Waals surface area contributed by atoms with E-state index in [0.717, 1.165) is 38.5 Å². The average molecular weight is 1170 g/mol. The molecule has 492 valence electrons. The van der Waals surface area contributed by atoms with Crippen LogP contribution in [0.1, 0.15) is 386 Å². The number of carboxylic acid groups (broad SMARTS) is 1. The van der Waals surface area contributed by atoms with E-state index in [9.17, 15) is 19.5 Å². The molecule has 9 heteroatoms. The summed E-state index contributed by atoms with van der Waals surface area (Å²) >= 11 is 0. The number of carbonyl (C=O) groups excluding carboxylic acids is 3. The van der Waals surface area contributed by atoms with E-state index >= 15 is 0 Å². The SMILES string of the molecule is CCCCCCCCCC/C=C\CCCCCCCCCCCCCCCCCCCCCC(=O)OC(COC(=O)CCCCCCCCCCCCCCCCCCCCCCCCCCCCC)COC(OCC[N+](C)(C)C)C(=O)[O-]. The maximum absolute atomic E-state index is 12.9. The standard InChI is InChI=1S/C74H143NO8/c1-6-8-10-12-14-16-18-20-22-24-26-28-30-32-34-35-36-37-39-41-43-45-47-49-51-53-55-57-59-61-63-65-72(77)83-70(69-82-74(73(78)79)80-67-66-75(3,4)5)68-81-71(76)64-62-60-58-56-54-52-50-48-46-44-42-40-38-33-31-29-27-25-23-21-19-17-15-13-11-9-7-2/h24,26,70,74H,6-23,25,27-69H2,1-5H3/b26-24-. The van der Waals surface area contributed by atoms with Crippen LogP contribution in [-0.2, 0) is 33.3 Å². The molecule has 0 aromatic rings. The summed E-state index contributed by atoms with van der Waals surface area (Å²) in [6.07, 6.45) is 77.4. The maximum atomic E-state index is 12.9. The number of hydrogen-bond donors (Lipinski definition) is 0. The number of carbonyl (C=O) groups is 3. The van der Waals surface area contributed by atoms with Crippen molar-refractivity contribution in [3.8, 4) is 0 Å². The third-order valence-electron chi connectivity index (χ3n) is 17.0. The lowest BCUT2D eigenvalue weighted by molar-refractivity contribution is -0.870. The Kier molecular flexibility index (Phi) is 64.4. The van der Waals surface area contributed by atoms with Crippen LogP contribution in [0.2, 0.25) is 0 Å². The number of ether oxygens (including phenoxy) is 4. The monoisotopic (exact) mass is 1170 g/mol. The first-order valence-corrected chi connectivity index (χ1v) is 36.8. The Balaban J connectivity index is 4.02. The van der Waals surface area contributed by atoms with E-state index in [1.165, 1.54) is 321 Å². The molecule has 0 aliphatic heterocycles. The Hall–Kier alpha value is -1.97. The molecule has 0 aliphatic rings. The summed E-state index contributed by atoms with van der Waals surface area (Å²) < 4.78 is 22.9. The van der Waals surface area contributed by atoms with E-state index in [0.29, 0.717) is 17.4 Å². The van der Waals surface area contributed by atoms with Gasteiger partial charge in [-0.2, -0.15) is 0 Å². The number of aliphatic carboxylic acids is 1. The van der Waals surface area contributed by atoms with Gasteiger partial charge in [-0.1, -0.05) is 347 Å². The Morgan fingerprint density at radius 1 is 0.349 bits per heavy atom. The van der Waals surface area contributed by atoms with Gasteiger partial charge in [0.1, 0.15) is 13.2 Å². The van der Waals surface area contributed by atoms with E-state index in [-0.39, 0.29) is 32.2 Å². The average Bonchev–Trinajstić information content (AvgIpc) is 3.46. The van der Waals surface area contributed by atoms with Crippen LogP contribution < -0.4 is 5.11 Å². The zero-order chi connectivity index (χ0) is 60.5. The van der Waals surface area contributed by atoms with Gasteiger partial charge < -0.3 is 33.3 Å². The molecule has 2 atom stereocenters. The molecule has 0 aliphatic carbocycles. The summed E-state index contributed by atoms with van der Waals surface area (Å²) in [7, 11) is 5.95. The summed E-state index contributed by atoms with van der Waals surface area (Å²) in [5.41, 5.74) is 0. The number of carboxylic acids is 1. The molecule has 0 aromatic heterocycles. The molecule has 0 spiro atoms. The molecule has 0 aromatic carbocycles. The van der Waals surface area contributed by atoms with Crippen LogP contribution in [0.4, 0.5) is 0 Å². The summed E-state index contributed by atoms with van der Waals surface area (Å²) in [6.45, 7) is 4.84.